The van der Waals surface area contributed by atoms with Gasteiger partial charge in [0.05, 0.1) is 19.2 Å². The molecular formula is C14H12Cl2FNO2. The fourth-order valence-corrected chi connectivity index (χ4v) is 2.16. The first-order chi connectivity index (χ1) is 9.63. The van der Waals surface area contributed by atoms with Crippen LogP contribution >= 0.6 is 23.2 Å². The quantitative estimate of drug-likeness (QED) is 0.775. The van der Waals surface area contributed by atoms with Gasteiger partial charge >= 0.3 is 0 Å². The Balaban J connectivity index is 2.24. The molecule has 0 saturated carbocycles. The van der Waals surface area contributed by atoms with E-state index in [0.717, 1.165) is 6.20 Å². The van der Waals surface area contributed by atoms with E-state index >= 15 is 0 Å². The third-order valence-corrected chi connectivity index (χ3v) is 3.11. The summed E-state index contributed by atoms with van der Waals surface area (Å²) in [6.07, 6.45) is 2.67. The lowest BCUT2D eigenvalue weighted by Gasteiger charge is -2.14. The van der Waals surface area contributed by atoms with Gasteiger partial charge < -0.3 is 9.47 Å². The zero-order chi connectivity index (χ0) is 14.5. The Labute approximate surface area is 126 Å². The number of benzene rings is 1. The molecule has 1 heterocycles. The van der Waals surface area contributed by atoms with Crippen LogP contribution in [0.3, 0.4) is 0 Å². The van der Waals surface area contributed by atoms with Gasteiger partial charge in [0, 0.05) is 28.4 Å². The standard InChI is InChI=1S/C14H12Cl2FNO2/c1-19-13-4-11(16)3-10(5-15)14(13)20-8-9-2-12(17)7-18-6-9/h2-4,6-7H,5,8H2,1H3. The maximum atomic E-state index is 13.1. The fourth-order valence-electron chi connectivity index (χ4n) is 1.73. The molecule has 0 spiro atoms. The van der Waals surface area contributed by atoms with Crippen LogP contribution < -0.4 is 9.47 Å². The van der Waals surface area contributed by atoms with Gasteiger partial charge in [-0.25, -0.2) is 4.39 Å². The molecule has 0 aliphatic carbocycles. The Morgan fingerprint density at radius 3 is 2.70 bits per heavy atom. The number of halogens is 3. The van der Waals surface area contributed by atoms with Gasteiger partial charge in [0.1, 0.15) is 12.4 Å². The van der Waals surface area contributed by atoms with Crippen molar-refractivity contribution in [1.82, 2.24) is 4.98 Å². The van der Waals surface area contributed by atoms with Crippen molar-refractivity contribution >= 4 is 23.2 Å². The summed E-state index contributed by atoms with van der Waals surface area (Å²) in [5, 5.41) is 0.511. The molecule has 0 N–H and O–H groups in total. The Kier molecular flexibility index (Phi) is 5.04. The summed E-state index contributed by atoms with van der Waals surface area (Å²) in [4.78, 5) is 3.76. The van der Waals surface area contributed by atoms with Crippen LogP contribution in [0.5, 0.6) is 11.5 Å². The van der Waals surface area contributed by atoms with E-state index in [9.17, 15) is 4.39 Å². The number of pyridine rings is 1. The molecule has 0 aliphatic rings. The van der Waals surface area contributed by atoms with E-state index in [1.54, 1.807) is 12.1 Å². The summed E-state index contributed by atoms with van der Waals surface area (Å²) < 4.78 is 23.9. The largest absolute Gasteiger partial charge is 0.493 e. The zero-order valence-corrected chi connectivity index (χ0v) is 12.2. The molecule has 0 radical (unpaired) electrons. The van der Waals surface area contributed by atoms with Crippen LogP contribution in [0.2, 0.25) is 5.02 Å². The number of rotatable bonds is 5. The average molecular weight is 316 g/mol. The van der Waals surface area contributed by atoms with Gasteiger partial charge in [-0.2, -0.15) is 0 Å². The van der Waals surface area contributed by atoms with Crippen molar-refractivity contribution in [2.45, 2.75) is 12.5 Å². The Hall–Kier alpha value is -1.52. The number of hydrogen-bond acceptors (Lipinski definition) is 3. The Bertz CT molecular complexity index is 582. The highest BCUT2D eigenvalue weighted by Crippen LogP contribution is 2.36. The minimum Gasteiger partial charge on any atom is -0.493 e. The van der Waals surface area contributed by atoms with Crippen LogP contribution in [0.4, 0.5) is 4.39 Å². The van der Waals surface area contributed by atoms with Gasteiger partial charge in [0.15, 0.2) is 11.5 Å². The molecule has 1 aromatic carbocycles. The van der Waals surface area contributed by atoms with Crippen LogP contribution in [0, 0.1) is 5.82 Å². The molecule has 2 aromatic rings. The lowest BCUT2D eigenvalue weighted by molar-refractivity contribution is 0.281. The SMILES string of the molecule is COc1cc(Cl)cc(CCl)c1OCc1cncc(F)c1. The molecule has 0 fully saturated rings. The van der Waals surface area contributed by atoms with Gasteiger partial charge in [-0.3, -0.25) is 4.98 Å². The number of aromatic nitrogens is 1. The summed E-state index contributed by atoms with van der Waals surface area (Å²) in [5.74, 6) is 0.800. The van der Waals surface area contributed by atoms with Crippen molar-refractivity contribution in [2.24, 2.45) is 0 Å². The molecule has 0 atom stereocenters. The molecule has 3 nitrogen and oxygen atoms in total. The van der Waals surface area contributed by atoms with E-state index < -0.39 is 5.82 Å². The molecule has 20 heavy (non-hydrogen) atoms. The van der Waals surface area contributed by atoms with Crippen molar-refractivity contribution in [3.8, 4) is 11.5 Å². The molecule has 0 aliphatic heterocycles. The summed E-state index contributed by atoms with van der Waals surface area (Å²) in [5.41, 5.74) is 1.32. The predicted molar refractivity (Wildman–Crippen MR) is 76.1 cm³/mol. The summed E-state index contributed by atoms with van der Waals surface area (Å²) >= 11 is 11.8. The molecule has 0 bridgehead atoms. The normalized spacial score (nSPS) is 10.4. The van der Waals surface area contributed by atoms with E-state index in [-0.39, 0.29) is 12.5 Å². The van der Waals surface area contributed by atoms with E-state index in [4.69, 9.17) is 32.7 Å². The van der Waals surface area contributed by atoms with E-state index in [2.05, 4.69) is 4.98 Å². The minimum atomic E-state index is -0.410. The van der Waals surface area contributed by atoms with Crippen LogP contribution in [0.15, 0.2) is 30.6 Å². The first-order valence-electron chi connectivity index (χ1n) is 5.78. The monoisotopic (exact) mass is 315 g/mol. The Morgan fingerprint density at radius 2 is 2.05 bits per heavy atom. The number of hydrogen-bond donors (Lipinski definition) is 0. The summed E-state index contributed by atoms with van der Waals surface area (Å²) in [7, 11) is 1.51. The lowest BCUT2D eigenvalue weighted by atomic mass is 10.2. The van der Waals surface area contributed by atoms with E-state index in [0.29, 0.717) is 27.6 Å². The van der Waals surface area contributed by atoms with Crippen molar-refractivity contribution in [1.29, 1.82) is 0 Å². The maximum absolute atomic E-state index is 13.1. The molecular weight excluding hydrogens is 304 g/mol. The topological polar surface area (TPSA) is 31.4 Å². The molecule has 106 valence electrons. The summed E-state index contributed by atoms with van der Waals surface area (Å²) in [6, 6.07) is 4.70. The molecule has 2 rings (SSSR count). The van der Waals surface area contributed by atoms with Crippen molar-refractivity contribution < 1.29 is 13.9 Å². The highest BCUT2D eigenvalue weighted by atomic mass is 35.5. The van der Waals surface area contributed by atoms with Crippen LogP contribution in [-0.2, 0) is 12.5 Å². The van der Waals surface area contributed by atoms with Gasteiger partial charge in [0.2, 0.25) is 0 Å². The number of alkyl halides is 1. The third-order valence-electron chi connectivity index (χ3n) is 2.61. The highest BCUT2D eigenvalue weighted by Gasteiger charge is 2.12. The van der Waals surface area contributed by atoms with Crippen molar-refractivity contribution in [3.05, 3.63) is 52.6 Å². The average Bonchev–Trinajstić information content (AvgIpc) is 2.45. The second kappa shape index (κ2) is 6.77. The van der Waals surface area contributed by atoms with Crippen molar-refractivity contribution in [2.75, 3.05) is 7.11 Å². The second-order valence-electron chi connectivity index (χ2n) is 4.03. The number of methoxy groups -OCH3 is 1. The van der Waals surface area contributed by atoms with Crippen molar-refractivity contribution in [3.63, 3.8) is 0 Å². The van der Waals surface area contributed by atoms with Crippen LogP contribution in [-0.4, -0.2) is 12.1 Å². The van der Waals surface area contributed by atoms with Crippen LogP contribution in [0.1, 0.15) is 11.1 Å². The smallest absolute Gasteiger partial charge is 0.166 e. The summed E-state index contributed by atoms with van der Waals surface area (Å²) in [6.45, 7) is 0.159. The molecule has 0 saturated heterocycles. The highest BCUT2D eigenvalue weighted by molar-refractivity contribution is 6.31. The minimum absolute atomic E-state index is 0.159. The molecule has 1 aromatic heterocycles. The van der Waals surface area contributed by atoms with Crippen LogP contribution in [0.25, 0.3) is 0 Å². The predicted octanol–water partition coefficient (Wildman–Crippen LogP) is 4.20. The van der Waals surface area contributed by atoms with Gasteiger partial charge in [-0.15, -0.1) is 11.6 Å². The first-order valence-corrected chi connectivity index (χ1v) is 6.70. The second-order valence-corrected chi connectivity index (χ2v) is 4.73. The van der Waals surface area contributed by atoms with E-state index in [1.807, 2.05) is 0 Å². The maximum Gasteiger partial charge on any atom is 0.166 e. The lowest BCUT2D eigenvalue weighted by Crippen LogP contribution is -2.01. The van der Waals surface area contributed by atoms with E-state index in [1.165, 1.54) is 19.4 Å². The zero-order valence-electron chi connectivity index (χ0n) is 10.7. The first kappa shape index (κ1) is 14.9. The number of ether oxygens (including phenoxy) is 2. The van der Waals surface area contributed by atoms with Gasteiger partial charge in [-0.1, -0.05) is 11.6 Å². The molecule has 0 unspecified atom stereocenters. The molecule has 6 heteroatoms. The molecule has 0 amide bonds. The fraction of sp³-hybridized carbons (Fsp3) is 0.214. The van der Waals surface area contributed by atoms with Gasteiger partial charge in [0.25, 0.3) is 0 Å². The van der Waals surface area contributed by atoms with Gasteiger partial charge in [-0.05, 0) is 12.1 Å². The third kappa shape index (κ3) is 3.52. The Morgan fingerprint density at radius 1 is 1.25 bits per heavy atom. The number of nitrogens with zero attached hydrogens (tertiary/aromatic N) is 1.